The van der Waals surface area contributed by atoms with Crippen LogP contribution in [-0.4, -0.2) is 16.3 Å². The Labute approximate surface area is 100 Å². The smallest absolute Gasteiger partial charge is 0.0534 e. The van der Waals surface area contributed by atoms with Gasteiger partial charge >= 0.3 is 0 Å². The molecule has 2 aromatic rings. The van der Waals surface area contributed by atoms with Gasteiger partial charge in [-0.1, -0.05) is 6.07 Å². The van der Waals surface area contributed by atoms with Crippen molar-refractivity contribution < 1.29 is 0 Å². The summed E-state index contributed by atoms with van der Waals surface area (Å²) in [7, 11) is 0. The first-order valence-corrected chi connectivity index (χ1v) is 6.51. The quantitative estimate of drug-likeness (QED) is 0.779. The molecule has 86 valence electrons. The molecule has 0 fully saturated rings. The van der Waals surface area contributed by atoms with Crippen LogP contribution in [-0.2, 0) is 19.5 Å². The summed E-state index contributed by atoms with van der Waals surface area (Å²) in [5.74, 6) is 0. The lowest BCUT2D eigenvalue weighted by Gasteiger charge is -2.01. The van der Waals surface area contributed by atoms with Crippen molar-refractivity contribution in [2.75, 3.05) is 6.54 Å². The summed E-state index contributed by atoms with van der Waals surface area (Å²) in [5.41, 5.74) is 1.26. The molecular weight excluding hydrogens is 218 g/mol. The van der Waals surface area contributed by atoms with E-state index in [9.17, 15) is 0 Å². The number of rotatable bonds is 6. The molecule has 0 aliphatic rings. The lowest BCUT2D eigenvalue weighted by Crippen LogP contribution is -2.15. The average molecular weight is 235 g/mol. The van der Waals surface area contributed by atoms with Crippen molar-refractivity contribution in [1.82, 2.24) is 15.1 Å². The minimum atomic E-state index is 0.908. The highest BCUT2D eigenvalue weighted by Crippen LogP contribution is 2.08. The Bertz CT molecular complexity index is 406. The van der Waals surface area contributed by atoms with Gasteiger partial charge in [0.1, 0.15) is 0 Å². The summed E-state index contributed by atoms with van der Waals surface area (Å²) < 4.78 is 1.95. The van der Waals surface area contributed by atoms with Gasteiger partial charge in [0, 0.05) is 36.3 Å². The Balaban J connectivity index is 1.68. The summed E-state index contributed by atoms with van der Waals surface area (Å²) in [6.07, 6.45) is 5.14. The van der Waals surface area contributed by atoms with Gasteiger partial charge in [0.15, 0.2) is 0 Å². The maximum Gasteiger partial charge on any atom is 0.0534 e. The maximum absolute atomic E-state index is 4.24. The normalized spacial score (nSPS) is 10.8. The van der Waals surface area contributed by atoms with Crippen molar-refractivity contribution in [1.29, 1.82) is 0 Å². The minimum absolute atomic E-state index is 0.908. The van der Waals surface area contributed by atoms with Crippen LogP contribution in [0.4, 0.5) is 0 Å². The van der Waals surface area contributed by atoms with Gasteiger partial charge in [-0.05, 0) is 24.8 Å². The molecule has 2 rings (SSSR count). The molecule has 0 aliphatic carbocycles. The number of nitrogens with zero attached hydrogens (tertiary/aromatic N) is 2. The number of nitrogens with one attached hydrogen (secondary N) is 1. The van der Waals surface area contributed by atoms with Crippen LogP contribution < -0.4 is 5.32 Å². The summed E-state index contributed by atoms with van der Waals surface area (Å²) in [5, 5.41) is 9.80. The largest absolute Gasteiger partial charge is 0.312 e. The summed E-state index contributed by atoms with van der Waals surface area (Å²) in [6, 6.07) is 4.28. The van der Waals surface area contributed by atoms with Crippen LogP contribution >= 0.6 is 11.3 Å². The van der Waals surface area contributed by atoms with Gasteiger partial charge in [-0.3, -0.25) is 4.68 Å². The van der Waals surface area contributed by atoms with E-state index in [4.69, 9.17) is 0 Å². The maximum atomic E-state index is 4.24. The van der Waals surface area contributed by atoms with E-state index in [1.165, 1.54) is 10.4 Å². The molecule has 1 N–H and O–H groups in total. The fourth-order valence-corrected chi connectivity index (χ4v) is 2.28. The van der Waals surface area contributed by atoms with E-state index in [-0.39, 0.29) is 0 Å². The number of hydrogen-bond donors (Lipinski definition) is 1. The zero-order chi connectivity index (χ0) is 11.2. The van der Waals surface area contributed by atoms with Gasteiger partial charge in [0.25, 0.3) is 0 Å². The van der Waals surface area contributed by atoms with Crippen LogP contribution in [0.25, 0.3) is 0 Å². The highest BCUT2D eigenvalue weighted by molar-refractivity contribution is 7.09. The molecule has 0 unspecified atom stereocenters. The van der Waals surface area contributed by atoms with Crippen LogP contribution in [0.5, 0.6) is 0 Å². The minimum Gasteiger partial charge on any atom is -0.312 e. The zero-order valence-electron chi connectivity index (χ0n) is 9.52. The average Bonchev–Trinajstić information content (AvgIpc) is 2.95. The second-order valence-corrected chi connectivity index (χ2v) is 4.74. The number of thiophene rings is 1. The molecule has 0 bridgehead atoms. The third kappa shape index (κ3) is 3.18. The van der Waals surface area contributed by atoms with Crippen LogP contribution in [0.1, 0.15) is 17.4 Å². The van der Waals surface area contributed by atoms with Crippen molar-refractivity contribution >= 4 is 11.3 Å². The predicted octanol–water partition coefficient (Wildman–Crippen LogP) is 2.30. The zero-order valence-corrected chi connectivity index (χ0v) is 10.3. The first-order chi connectivity index (χ1) is 7.88. The molecule has 4 heteroatoms. The SMILES string of the molecule is CCn1cc(CNCCc2cccs2)cn1. The molecule has 0 amide bonds. The van der Waals surface area contributed by atoms with E-state index in [1.54, 1.807) is 0 Å². The molecule has 0 spiro atoms. The van der Waals surface area contributed by atoms with E-state index in [2.05, 4.69) is 41.0 Å². The Morgan fingerprint density at radius 2 is 2.44 bits per heavy atom. The van der Waals surface area contributed by atoms with Gasteiger partial charge in [-0.2, -0.15) is 5.10 Å². The van der Waals surface area contributed by atoms with Gasteiger partial charge in [0.05, 0.1) is 6.20 Å². The standard InChI is InChI=1S/C12H17N3S/c1-2-15-10-11(9-14-15)8-13-6-5-12-4-3-7-16-12/h3-4,7,9-10,13H,2,5-6,8H2,1H3. The molecule has 0 aliphatic heterocycles. The summed E-state index contributed by atoms with van der Waals surface area (Å²) in [6.45, 7) is 4.97. The number of aromatic nitrogens is 2. The molecule has 0 saturated carbocycles. The Morgan fingerprint density at radius 1 is 1.50 bits per heavy atom. The predicted molar refractivity (Wildman–Crippen MR) is 67.6 cm³/mol. The third-order valence-corrected chi connectivity index (χ3v) is 3.40. The van der Waals surface area contributed by atoms with Crippen LogP contribution in [0.2, 0.25) is 0 Å². The Morgan fingerprint density at radius 3 is 3.12 bits per heavy atom. The second-order valence-electron chi connectivity index (χ2n) is 3.71. The van der Waals surface area contributed by atoms with Gasteiger partial charge in [0.2, 0.25) is 0 Å². The topological polar surface area (TPSA) is 29.9 Å². The lowest BCUT2D eigenvalue weighted by molar-refractivity contribution is 0.655. The molecular formula is C12H17N3S. The molecule has 2 heterocycles. The highest BCUT2D eigenvalue weighted by Gasteiger charge is 1.97. The molecule has 2 aromatic heterocycles. The first kappa shape index (κ1) is 11.4. The molecule has 16 heavy (non-hydrogen) atoms. The van der Waals surface area contributed by atoms with Gasteiger partial charge in [-0.25, -0.2) is 0 Å². The summed E-state index contributed by atoms with van der Waals surface area (Å²) in [4.78, 5) is 1.44. The summed E-state index contributed by atoms with van der Waals surface area (Å²) >= 11 is 1.82. The van der Waals surface area contributed by atoms with E-state index in [1.807, 2.05) is 22.2 Å². The molecule has 0 aromatic carbocycles. The Hall–Kier alpha value is -1.13. The number of hydrogen-bond acceptors (Lipinski definition) is 3. The molecule has 3 nitrogen and oxygen atoms in total. The van der Waals surface area contributed by atoms with E-state index in [0.29, 0.717) is 0 Å². The van der Waals surface area contributed by atoms with Crippen LogP contribution in [0, 0.1) is 0 Å². The monoisotopic (exact) mass is 235 g/mol. The fourth-order valence-electron chi connectivity index (χ4n) is 1.57. The first-order valence-electron chi connectivity index (χ1n) is 5.63. The van der Waals surface area contributed by atoms with Gasteiger partial charge < -0.3 is 5.32 Å². The number of aryl methyl sites for hydroxylation is 1. The molecule has 0 atom stereocenters. The molecule has 0 saturated heterocycles. The van der Waals surface area contributed by atoms with E-state index >= 15 is 0 Å². The van der Waals surface area contributed by atoms with Crippen molar-refractivity contribution in [3.8, 4) is 0 Å². The van der Waals surface area contributed by atoms with Crippen LogP contribution in [0.3, 0.4) is 0 Å². The Kier molecular flexibility index (Phi) is 4.13. The van der Waals surface area contributed by atoms with E-state index in [0.717, 1.165) is 26.1 Å². The van der Waals surface area contributed by atoms with E-state index < -0.39 is 0 Å². The van der Waals surface area contributed by atoms with Crippen LogP contribution in [0.15, 0.2) is 29.9 Å². The van der Waals surface area contributed by atoms with Gasteiger partial charge in [-0.15, -0.1) is 11.3 Å². The van der Waals surface area contributed by atoms with Crippen molar-refractivity contribution in [3.05, 3.63) is 40.3 Å². The lowest BCUT2D eigenvalue weighted by atomic mass is 10.3. The fraction of sp³-hybridized carbons (Fsp3) is 0.417. The van der Waals surface area contributed by atoms with Crippen molar-refractivity contribution in [3.63, 3.8) is 0 Å². The third-order valence-electron chi connectivity index (χ3n) is 2.47. The van der Waals surface area contributed by atoms with Crippen molar-refractivity contribution in [2.45, 2.75) is 26.4 Å². The molecule has 0 radical (unpaired) electrons. The highest BCUT2D eigenvalue weighted by atomic mass is 32.1. The second kappa shape index (κ2) is 5.82. The van der Waals surface area contributed by atoms with Crippen molar-refractivity contribution in [2.24, 2.45) is 0 Å².